The molecule has 0 fully saturated rings. The molecule has 0 radical (unpaired) electrons. The third-order valence-corrected chi connectivity index (χ3v) is 1.73. The van der Waals surface area contributed by atoms with Crippen molar-refractivity contribution >= 4 is 0 Å². The van der Waals surface area contributed by atoms with Gasteiger partial charge in [-0.05, 0) is 19.1 Å². The molecular formula is C9H11N3O2. The Balaban J connectivity index is 1.78. The summed E-state index contributed by atoms with van der Waals surface area (Å²) in [6.45, 7) is 3.01. The number of rotatable bonds is 4. The Hall–Kier alpha value is -1.62. The van der Waals surface area contributed by atoms with E-state index >= 15 is 0 Å². The number of hydrogen-bond donors (Lipinski definition) is 1. The Morgan fingerprint density at radius 3 is 3.00 bits per heavy atom. The van der Waals surface area contributed by atoms with Gasteiger partial charge in [0.2, 0.25) is 5.89 Å². The quantitative estimate of drug-likeness (QED) is 0.791. The minimum Gasteiger partial charge on any atom is -0.468 e. The Morgan fingerprint density at radius 1 is 1.43 bits per heavy atom. The van der Waals surface area contributed by atoms with Crippen molar-refractivity contribution in [3.8, 4) is 0 Å². The largest absolute Gasteiger partial charge is 0.468 e. The lowest BCUT2D eigenvalue weighted by atomic mass is 10.4. The summed E-state index contributed by atoms with van der Waals surface area (Å²) in [6, 6.07) is 3.76. The predicted octanol–water partition coefficient (Wildman–Crippen LogP) is 1.26. The van der Waals surface area contributed by atoms with Crippen LogP contribution >= 0.6 is 0 Å². The predicted molar refractivity (Wildman–Crippen MR) is 48.3 cm³/mol. The van der Waals surface area contributed by atoms with Gasteiger partial charge in [0.1, 0.15) is 5.76 Å². The van der Waals surface area contributed by atoms with Crippen LogP contribution in [0.1, 0.15) is 17.5 Å². The second kappa shape index (κ2) is 4.06. The smallest absolute Gasteiger partial charge is 0.240 e. The molecule has 0 saturated heterocycles. The Labute approximate surface area is 81.1 Å². The molecule has 0 amide bonds. The van der Waals surface area contributed by atoms with E-state index in [1.165, 1.54) is 0 Å². The average molecular weight is 193 g/mol. The Morgan fingerprint density at radius 2 is 2.36 bits per heavy atom. The second-order valence-corrected chi connectivity index (χ2v) is 2.92. The van der Waals surface area contributed by atoms with Crippen LogP contribution in [-0.4, -0.2) is 10.1 Å². The standard InChI is InChI=1S/C9H11N3O2/c1-7-11-9(14-12-7)6-10-5-8-3-2-4-13-8/h2-4,10H,5-6H2,1H3. The molecule has 2 rings (SSSR count). The van der Waals surface area contributed by atoms with Gasteiger partial charge in [0.05, 0.1) is 19.4 Å². The second-order valence-electron chi connectivity index (χ2n) is 2.92. The Kier molecular flexibility index (Phi) is 2.60. The molecule has 0 aliphatic carbocycles. The molecule has 0 aliphatic heterocycles. The minimum atomic E-state index is 0.557. The molecule has 2 aromatic rings. The lowest BCUT2D eigenvalue weighted by molar-refractivity contribution is 0.360. The van der Waals surface area contributed by atoms with Crippen molar-refractivity contribution in [2.24, 2.45) is 0 Å². The number of aryl methyl sites for hydroxylation is 1. The van der Waals surface area contributed by atoms with E-state index in [1.807, 2.05) is 12.1 Å². The zero-order valence-corrected chi connectivity index (χ0v) is 7.86. The van der Waals surface area contributed by atoms with Crippen LogP contribution in [-0.2, 0) is 13.1 Å². The van der Waals surface area contributed by atoms with Gasteiger partial charge in [0.25, 0.3) is 0 Å². The van der Waals surface area contributed by atoms with Gasteiger partial charge in [-0.2, -0.15) is 4.98 Å². The number of aromatic nitrogens is 2. The van der Waals surface area contributed by atoms with E-state index in [4.69, 9.17) is 8.94 Å². The first kappa shape index (κ1) is 8.96. The topological polar surface area (TPSA) is 64.1 Å². The van der Waals surface area contributed by atoms with Crippen LogP contribution in [0.4, 0.5) is 0 Å². The highest BCUT2D eigenvalue weighted by atomic mass is 16.5. The van der Waals surface area contributed by atoms with Gasteiger partial charge in [-0.1, -0.05) is 5.16 Å². The van der Waals surface area contributed by atoms with E-state index < -0.39 is 0 Å². The summed E-state index contributed by atoms with van der Waals surface area (Å²) in [5.74, 6) is 2.13. The SMILES string of the molecule is Cc1noc(CNCc2ccco2)n1. The zero-order valence-electron chi connectivity index (χ0n) is 7.86. The first-order valence-electron chi connectivity index (χ1n) is 4.37. The third kappa shape index (κ3) is 2.20. The van der Waals surface area contributed by atoms with E-state index in [0.717, 1.165) is 5.76 Å². The summed E-state index contributed by atoms with van der Waals surface area (Å²) in [7, 11) is 0. The highest BCUT2D eigenvalue weighted by Gasteiger charge is 2.01. The van der Waals surface area contributed by atoms with E-state index in [0.29, 0.717) is 24.8 Å². The molecule has 0 bridgehead atoms. The fourth-order valence-electron chi connectivity index (χ4n) is 1.12. The van der Waals surface area contributed by atoms with Crippen LogP contribution in [0.15, 0.2) is 27.3 Å². The maximum atomic E-state index is 5.15. The monoisotopic (exact) mass is 193 g/mol. The Bertz CT molecular complexity index is 380. The van der Waals surface area contributed by atoms with Crippen LogP contribution in [0.3, 0.4) is 0 Å². The van der Waals surface area contributed by atoms with Gasteiger partial charge in [-0.25, -0.2) is 0 Å². The number of nitrogens with one attached hydrogen (secondary N) is 1. The van der Waals surface area contributed by atoms with Crippen molar-refractivity contribution < 1.29 is 8.94 Å². The number of nitrogens with zero attached hydrogens (tertiary/aromatic N) is 2. The zero-order chi connectivity index (χ0) is 9.80. The maximum absolute atomic E-state index is 5.15. The van der Waals surface area contributed by atoms with Gasteiger partial charge in [0.15, 0.2) is 5.82 Å². The summed E-state index contributed by atoms with van der Waals surface area (Å²) < 4.78 is 10.1. The third-order valence-electron chi connectivity index (χ3n) is 1.73. The van der Waals surface area contributed by atoms with Crippen LogP contribution < -0.4 is 5.32 Å². The molecule has 0 saturated carbocycles. The van der Waals surface area contributed by atoms with E-state index in [1.54, 1.807) is 13.2 Å². The molecule has 14 heavy (non-hydrogen) atoms. The van der Waals surface area contributed by atoms with Crippen molar-refractivity contribution in [2.45, 2.75) is 20.0 Å². The van der Waals surface area contributed by atoms with Crippen molar-refractivity contribution in [1.29, 1.82) is 0 Å². The first-order valence-corrected chi connectivity index (χ1v) is 4.37. The van der Waals surface area contributed by atoms with Crippen molar-refractivity contribution in [1.82, 2.24) is 15.5 Å². The van der Waals surface area contributed by atoms with Gasteiger partial charge >= 0.3 is 0 Å². The molecule has 0 aliphatic rings. The molecule has 5 heteroatoms. The molecule has 2 aromatic heterocycles. The molecule has 5 nitrogen and oxygen atoms in total. The fourth-order valence-corrected chi connectivity index (χ4v) is 1.12. The van der Waals surface area contributed by atoms with Gasteiger partial charge in [0, 0.05) is 0 Å². The summed E-state index contributed by atoms with van der Waals surface area (Å²) in [5, 5.41) is 6.81. The van der Waals surface area contributed by atoms with Gasteiger partial charge in [-0.15, -0.1) is 0 Å². The van der Waals surface area contributed by atoms with Crippen molar-refractivity contribution in [3.05, 3.63) is 35.9 Å². The van der Waals surface area contributed by atoms with Crippen molar-refractivity contribution in [2.75, 3.05) is 0 Å². The number of hydrogen-bond acceptors (Lipinski definition) is 5. The maximum Gasteiger partial charge on any atom is 0.240 e. The molecular weight excluding hydrogens is 182 g/mol. The van der Waals surface area contributed by atoms with Gasteiger partial charge < -0.3 is 14.3 Å². The summed E-state index contributed by atoms with van der Waals surface area (Å²) in [4.78, 5) is 4.06. The molecule has 0 aromatic carbocycles. The fraction of sp³-hybridized carbons (Fsp3) is 0.333. The highest BCUT2D eigenvalue weighted by Crippen LogP contribution is 2.00. The number of furan rings is 1. The van der Waals surface area contributed by atoms with Crippen molar-refractivity contribution in [3.63, 3.8) is 0 Å². The lowest BCUT2D eigenvalue weighted by Crippen LogP contribution is -2.12. The van der Waals surface area contributed by atoms with E-state index in [2.05, 4.69) is 15.5 Å². The summed E-state index contributed by atoms with van der Waals surface area (Å²) >= 11 is 0. The lowest BCUT2D eigenvalue weighted by Gasteiger charge is -1.96. The van der Waals surface area contributed by atoms with E-state index in [-0.39, 0.29) is 0 Å². The molecule has 0 spiro atoms. The molecule has 2 heterocycles. The summed E-state index contributed by atoms with van der Waals surface area (Å²) in [6.07, 6.45) is 1.65. The minimum absolute atomic E-state index is 0.557. The van der Waals surface area contributed by atoms with E-state index in [9.17, 15) is 0 Å². The molecule has 0 unspecified atom stereocenters. The van der Waals surface area contributed by atoms with Crippen LogP contribution in [0.25, 0.3) is 0 Å². The molecule has 74 valence electrons. The highest BCUT2D eigenvalue weighted by molar-refractivity contribution is 4.97. The first-order chi connectivity index (χ1) is 6.84. The molecule has 0 atom stereocenters. The molecule has 1 N–H and O–H groups in total. The van der Waals surface area contributed by atoms with Gasteiger partial charge in [-0.3, -0.25) is 0 Å². The van der Waals surface area contributed by atoms with Crippen LogP contribution in [0, 0.1) is 6.92 Å². The van der Waals surface area contributed by atoms with Crippen LogP contribution in [0.2, 0.25) is 0 Å². The average Bonchev–Trinajstić information content (AvgIpc) is 2.77. The summed E-state index contributed by atoms with van der Waals surface area (Å²) in [5.41, 5.74) is 0. The van der Waals surface area contributed by atoms with Crippen LogP contribution in [0.5, 0.6) is 0 Å². The normalized spacial score (nSPS) is 10.6.